The van der Waals surface area contributed by atoms with Crippen LogP contribution in [-0.4, -0.2) is 12.4 Å². The van der Waals surface area contributed by atoms with Crippen molar-refractivity contribution in [3.63, 3.8) is 0 Å². The van der Waals surface area contributed by atoms with Gasteiger partial charge in [-0.1, -0.05) is 0 Å². The van der Waals surface area contributed by atoms with Gasteiger partial charge in [0, 0.05) is 0 Å². The van der Waals surface area contributed by atoms with E-state index in [-0.39, 0.29) is 0 Å². The minimum absolute atomic E-state index is 0.819. The molecule has 1 nitrogen and oxygen atoms in total. The summed E-state index contributed by atoms with van der Waals surface area (Å²) in [7, 11) is 6.63. The molecule has 0 atom stereocenters. The molecule has 0 aromatic heterocycles. The Balaban J connectivity index is 2.45. The van der Waals surface area contributed by atoms with E-state index in [0.29, 0.717) is 0 Å². The Morgan fingerprint density at radius 2 is 2.43 bits per heavy atom. The molecule has 41 valence electrons. The van der Waals surface area contributed by atoms with Crippen LogP contribution in [-0.2, 0) is 24.1 Å². The van der Waals surface area contributed by atoms with E-state index in [1.165, 1.54) is 11.0 Å². The third kappa shape index (κ3) is 7.31. The van der Waals surface area contributed by atoms with Crippen molar-refractivity contribution in [1.82, 2.24) is 0 Å². The molecule has 0 rings (SSSR count). The maximum atomic E-state index is 5.30. The average molecular weight is 173 g/mol. The van der Waals surface area contributed by atoms with E-state index in [2.05, 4.69) is 0 Å². The molecule has 0 saturated carbocycles. The number of hydrogen-bond acceptors (Lipinski definition) is 2. The zero-order valence-electron chi connectivity index (χ0n) is 3.82. The molecule has 4 heteroatoms. The van der Waals surface area contributed by atoms with Crippen molar-refractivity contribution in [2.75, 3.05) is 12.4 Å². The molecule has 0 aromatic rings. The third-order valence-corrected chi connectivity index (χ3v) is 1.69. The van der Waals surface area contributed by atoms with Gasteiger partial charge in [-0.05, 0) is 0 Å². The van der Waals surface area contributed by atoms with Gasteiger partial charge >= 0.3 is 64.6 Å². The van der Waals surface area contributed by atoms with Gasteiger partial charge in [0.25, 0.3) is 0 Å². The number of halogens is 1. The van der Waals surface area contributed by atoms with Crippen molar-refractivity contribution in [1.29, 1.82) is 0 Å². The Morgan fingerprint density at radius 3 is 2.86 bits per heavy atom. The summed E-state index contributed by atoms with van der Waals surface area (Å²) in [6.45, 7) is 0.819. The molecule has 0 N–H and O–H groups in total. The Kier molecular flexibility index (Phi) is 8.69. The molecule has 0 heterocycles. The monoisotopic (exact) mass is 173 g/mol. The van der Waals surface area contributed by atoms with Crippen LogP contribution in [0.2, 0.25) is 0 Å². The molecule has 0 amide bonds. The van der Waals surface area contributed by atoms with Gasteiger partial charge in [-0.3, -0.25) is 0 Å². The molecular weight excluding hydrogens is 167 g/mol. The molecule has 0 aliphatic carbocycles. The van der Waals surface area contributed by atoms with Crippen molar-refractivity contribution < 1.29 is 24.1 Å². The van der Waals surface area contributed by atoms with Crippen molar-refractivity contribution in [3.05, 3.63) is 0 Å². The summed E-state index contributed by atoms with van der Waals surface area (Å²) < 4.78 is 4.77. The zero-order chi connectivity index (χ0) is 5.54. The van der Waals surface area contributed by atoms with E-state index in [4.69, 9.17) is 14.0 Å². The third-order valence-electron chi connectivity index (χ3n) is 0.468. The van der Waals surface area contributed by atoms with Gasteiger partial charge < -0.3 is 0 Å². The second-order valence-electron chi connectivity index (χ2n) is 1.02. The first-order valence-corrected chi connectivity index (χ1v) is 4.39. The zero-order valence-corrected chi connectivity index (χ0v) is 6.95. The molecule has 0 bridgehead atoms. The summed E-state index contributed by atoms with van der Waals surface area (Å²) in [6, 6.07) is 0. The fourth-order valence-corrected chi connectivity index (χ4v) is 0.965. The van der Waals surface area contributed by atoms with Crippen LogP contribution in [0.5, 0.6) is 0 Å². The van der Waals surface area contributed by atoms with Crippen LogP contribution in [0.25, 0.3) is 0 Å². The first-order valence-electron chi connectivity index (χ1n) is 1.94. The normalized spacial score (nSPS) is 9.14. The second-order valence-corrected chi connectivity index (χ2v) is 2.75. The quantitative estimate of drug-likeness (QED) is 0.473. The maximum absolute atomic E-state index is 5.30. The van der Waals surface area contributed by atoms with Crippen LogP contribution in [0.15, 0.2) is 0 Å². The van der Waals surface area contributed by atoms with Crippen molar-refractivity contribution >= 4 is 21.7 Å². The van der Waals surface area contributed by atoms with E-state index < -0.39 is 0 Å². The molecule has 0 saturated heterocycles. The van der Waals surface area contributed by atoms with E-state index in [1.807, 2.05) is 0 Å². The molecule has 0 unspecified atom stereocenters. The van der Waals surface area contributed by atoms with Crippen molar-refractivity contribution in [3.8, 4) is 0 Å². The Bertz CT molecular complexity index is 34.1. The molecule has 0 radical (unpaired) electrons. The van der Waals surface area contributed by atoms with Gasteiger partial charge in [-0.15, -0.1) is 0 Å². The van der Waals surface area contributed by atoms with Gasteiger partial charge in [-0.25, -0.2) is 0 Å². The standard InChI is InChI=1S/C3H6ClOS.Ti/c4-6-3-1-2-5;/h1-3H2;/q-1;+1. The average Bonchev–Trinajstić information content (AvgIpc) is 1.69. The number of hydrogen-bond donors (Lipinski definition) is 0. The molecule has 0 aliphatic rings. The van der Waals surface area contributed by atoms with E-state index in [9.17, 15) is 0 Å². The summed E-state index contributed by atoms with van der Waals surface area (Å²) in [4.78, 5) is 0. The van der Waals surface area contributed by atoms with Crippen molar-refractivity contribution in [2.45, 2.75) is 6.42 Å². The van der Waals surface area contributed by atoms with Crippen molar-refractivity contribution in [2.24, 2.45) is 0 Å². The Labute approximate surface area is 64.5 Å². The van der Waals surface area contributed by atoms with Gasteiger partial charge in [0.1, 0.15) is 0 Å². The van der Waals surface area contributed by atoms with E-state index in [1.54, 1.807) is 20.8 Å². The molecule has 0 aliphatic heterocycles. The van der Waals surface area contributed by atoms with Crippen LogP contribution < -0.4 is 0 Å². The van der Waals surface area contributed by atoms with Crippen LogP contribution in [0.1, 0.15) is 6.42 Å². The molecule has 0 fully saturated rings. The van der Waals surface area contributed by atoms with Crippen LogP contribution in [0, 0.1) is 0 Å². The molecule has 7 heavy (non-hydrogen) atoms. The fourth-order valence-electron chi connectivity index (χ4n) is 0.186. The summed E-state index contributed by atoms with van der Waals surface area (Å²) in [5.41, 5.74) is 0. The summed E-state index contributed by atoms with van der Waals surface area (Å²) in [6.07, 6.45) is 1.05. The predicted molar refractivity (Wildman–Crippen MR) is 28.9 cm³/mol. The van der Waals surface area contributed by atoms with E-state index in [0.717, 1.165) is 18.8 Å². The minimum atomic E-state index is 0.819. The van der Waals surface area contributed by atoms with Crippen LogP contribution in [0.4, 0.5) is 0 Å². The first-order chi connectivity index (χ1) is 3.41. The molecule has 0 spiro atoms. The molecular formula is C3H6ClOSTi. The fraction of sp³-hybridized carbons (Fsp3) is 1.00. The Hall–Kier alpha value is 1.31. The summed E-state index contributed by atoms with van der Waals surface area (Å²) in [5.74, 6) is 0.982. The predicted octanol–water partition coefficient (Wildman–Crippen LogP) is 1.74. The Morgan fingerprint density at radius 1 is 1.71 bits per heavy atom. The SMILES string of the molecule is ClSCCC[O][Ti]. The van der Waals surface area contributed by atoms with Crippen LogP contribution in [0.3, 0.4) is 0 Å². The topological polar surface area (TPSA) is 9.23 Å². The summed E-state index contributed by atoms with van der Waals surface area (Å²) in [5, 5.41) is 0. The summed E-state index contributed by atoms with van der Waals surface area (Å²) >= 11 is 1.69. The number of rotatable bonds is 4. The van der Waals surface area contributed by atoms with Gasteiger partial charge in [0.2, 0.25) is 0 Å². The van der Waals surface area contributed by atoms with Gasteiger partial charge in [-0.2, -0.15) is 0 Å². The van der Waals surface area contributed by atoms with Crippen LogP contribution >= 0.6 is 21.7 Å². The molecule has 0 aromatic carbocycles. The van der Waals surface area contributed by atoms with Gasteiger partial charge in [0.05, 0.1) is 0 Å². The first kappa shape index (κ1) is 8.31. The van der Waals surface area contributed by atoms with E-state index >= 15 is 0 Å². The second kappa shape index (κ2) is 7.31. The van der Waals surface area contributed by atoms with Gasteiger partial charge in [0.15, 0.2) is 0 Å².